The van der Waals surface area contributed by atoms with E-state index in [2.05, 4.69) is 0 Å². The number of allylic oxidation sites excluding steroid dienone is 2. The largest absolute Gasteiger partial charge is 0.478 e. The molecule has 1 heterocycles. The van der Waals surface area contributed by atoms with Gasteiger partial charge in [-0.2, -0.15) is 0 Å². The predicted molar refractivity (Wildman–Crippen MR) is 105 cm³/mol. The van der Waals surface area contributed by atoms with Crippen LogP contribution in [-0.4, -0.2) is 26.0 Å². The number of carbonyl (C=O) groups is 1. The van der Waals surface area contributed by atoms with Gasteiger partial charge in [0.05, 0.1) is 22.7 Å². The second-order valence-corrected chi connectivity index (χ2v) is 8.67. The Labute approximate surface area is 158 Å². The fourth-order valence-corrected chi connectivity index (χ4v) is 5.43. The van der Waals surface area contributed by atoms with E-state index in [1.165, 1.54) is 4.31 Å². The molecule has 138 valence electrons. The Hall–Kier alpha value is -2.86. The zero-order chi connectivity index (χ0) is 19.2. The van der Waals surface area contributed by atoms with Gasteiger partial charge in [0, 0.05) is 0 Å². The van der Waals surface area contributed by atoms with Gasteiger partial charge < -0.3 is 5.11 Å². The Bertz CT molecular complexity index is 1110. The number of carboxylic acid groups (broad SMARTS) is 1. The van der Waals surface area contributed by atoms with Crippen molar-refractivity contribution >= 4 is 21.7 Å². The van der Waals surface area contributed by atoms with Gasteiger partial charge in [-0.25, -0.2) is 13.2 Å². The number of sulfonamides is 1. The van der Waals surface area contributed by atoms with Gasteiger partial charge in [-0.05, 0) is 66.3 Å². The summed E-state index contributed by atoms with van der Waals surface area (Å²) in [4.78, 5) is 11.8. The van der Waals surface area contributed by atoms with E-state index in [-0.39, 0.29) is 5.56 Å². The van der Waals surface area contributed by atoms with E-state index in [4.69, 9.17) is 0 Å². The van der Waals surface area contributed by atoms with Crippen LogP contribution < -0.4 is 4.31 Å². The minimum atomic E-state index is -3.51. The predicted octanol–water partition coefficient (Wildman–Crippen LogP) is 4.11. The van der Waals surface area contributed by atoms with Crippen LogP contribution in [0.1, 0.15) is 28.8 Å². The monoisotopic (exact) mass is 381 g/mol. The Morgan fingerprint density at radius 3 is 2.70 bits per heavy atom. The number of nitrogens with zero attached hydrogens (tertiary/aromatic N) is 1. The summed E-state index contributed by atoms with van der Waals surface area (Å²) in [5, 5.41) is 9.24. The Kier molecular flexibility index (Phi) is 4.15. The molecule has 0 radical (unpaired) electrons. The minimum Gasteiger partial charge on any atom is -0.478 e. The van der Waals surface area contributed by atoms with Gasteiger partial charge in [-0.1, -0.05) is 30.4 Å². The van der Waals surface area contributed by atoms with Crippen molar-refractivity contribution in [1.82, 2.24) is 0 Å². The molecule has 0 fully saturated rings. The molecule has 2 aromatic rings. The molecule has 0 aromatic heterocycles. The maximum atomic E-state index is 13.0. The summed E-state index contributed by atoms with van der Waals surface area (Å²) in [6.07, 6.45) is 5.20. The number of hydrogen-bond donors (Lipinski definition) is 1. The van der Waals surface area contributed by atoms with Crippen LogP contribution in [0.25, 0.3) is 11.1 Å². The zero-order valence-electron chi connectivity index (χ0n) is 14.8. The molecule has 0 atom stereocenters. The lowest BCUT2D eigenvalue weighted by Crippen LogP contribution is -2.26. The van der Waals surface area contributed by atoms with Gasteiger partial charge in [0.25, 0.3) is 10.0 Å². The van der Waals surface area contributed by atoms with Crippen LogP contribution >= 0.6 is 0 Å². The first-order chi connectivity index (χ1) is 12.9. The third-order valence-electron chi connectivity index (χ3n) is 5.06. The third-order valence-corrected chi connectivity index (χ3v) is 7.07. The fraction of sp³-hybridized carbons (Fsp3) is 0.190. The van der Waals surface area contributed by atoms with Gasteiger partial charge in [-0.15, -0.1) is 0 Å². The standard InChI is InChI=1S/C21H19NO4S/c1-14-9-10-18(12-19(14)15-6-4-7-16(11-15)21(23)24)22-13-17-5-2-3-8-20(17)27(22,25)26/h2,4-7,9-12H,3,8,13H2,1H3,(H,23,24). The molecule has 27 heavy (non-hydrogen) atoms. The average molecular weight is 381 g/mol. The highest BCUT2D eigenvalue weighted by Crippen LogP contribution is 2.38. The summed E-state index contributed by atoms with van der Waals surface area (Å²) in [5.41, 5.74) is 4.19. The fourth-order valence-electron chi connectivity index (χ4n) is 3.63. The van der Waals surface area contributed by atoms with E-state index in [1.807, 2.05) is 37.3 Å². The first-order valence-corrected chi connectivity index (χ1v) is 10.2. The summed E-state index contributed by atoms with van der Waals surface area (Å²) in [7, 11) is -3.51. The number of anilines is 1. The number of aromatic carboxylic acids is 1. The van der Waals surface area contributed by atoms with Gasteiger partial charge >= 0.3 is 5.97 Å². The van der Waals surface area contributed by atoms with Crippen molar-refractivity contribution in [3.8, 4) is 11.1 Å². The maximum Gasteiger partial charge on any atom is 0.335 e. The molecule has 1 aliphatic heterocycles. The van der Waals surface area contributed by atoms with E-state index in [1.54, 1.807) is 24.3 Å². The van der Waals surface area contributed by atoms with Crippen LogP contribution in [0.5, 0.6) is 0 Å². The molecular formula is C21H19NO4S. The van der Waals surface area contributed by atoms with Crippen LogP contribution in [0.3, 0.4) is 0 Å². The molecule has 1 aliphatic carbocycles. The Balaban J connectivity index is 1.77. The van der Waals surface area contributed by atoms with E-state index >= 15 is 0 Å². The van der Waals surface area contributed by atoms with E-state index in [0.717, 1.165) is 28.7 Å². The first kappa shape index (κ1) is 17.5. The molecule has 6 heteroatoms. The Morgan fingerprint density at radius 1 is 1.15 bits per heavy atom. The number of carboxylic acids is 1. The maximum absolute atomic E-state index is 13.0. The molecular weight excluding hydrogens is 362 g/mol. The molecule has 2 aliphatic rings. The van der Waals surface area contributed by atoms with E-state index < -0.39 is 16.0 Å². The van der Waals surface area contributed by atoms with Crippen molar-refractivity contribution < 1.29 is 18.3 Å². The highest BCUT2D eigenvalue weighted by atomic mass is 32.2. The third kappa shape index (κ3) is 2.96. The topological polar surface area (TPSA) is 74.7 Å². The number of hydrogen-bond acceptors (Lipinski definition) is 3. The highest BCUT2D eigenvalue weighted by molar-refractivity contribution is 7.96. The molecule has 4 rings (SSSR count). The SMILES string of the molecule is Cc1ccc(N2CC3=C(CCC=C3)S2(=O)=O)cc1-c1cccc(C(=O)O)c1. The van der Waals surface area contributed by atoms with Crippen molar-refractivity contribution in [3.63, 3.8) is 0 Å². The smallest absolute Gasteiger partial charge is 0.335 e. The zero-order valence-corrected chi connectivity index (χ0v) is 15.7. The second-order valence-electron chi connectivity index (χ2n) is 6.79. The molecule has 5 nitrogen and oxygen atoms in total. The molecule has 0 spiro atoms. The van der Waals surface area contributed by atoms with Crippen LogP contribution in [0, 0.1) is 6.92 Å². The van der Waals surface area contributed by atoms with Gasteiger partial charge in [0.2, 0.25) is 0 Å². The molecule has 1 N–H and O–H groups in total. The lowest BCUT2D eigenvalue weighted by Gasteiger charge is -2.20. The van der Waals surface area contributed by atoms with Crippen LogP contribution in [0.15, 0.2) is 65.1 Å². The van der Waals surface area contributed by atoms with Crippen LogP contribution in [-0.2, 0) is 10.0 Å². The summed E-state index contributed by atoms with van der Waals surface area (Å²) in [6.45, 7) is 2.27. The van der Waals surface area contributed by atoms with Crippen LogP contribution in [0.2, 0.25) is 0 Å². The summed E-state index contributed by atoms with van der Waals surface area (Å²) >= 11 is 0. The van der Waals surface area contributed by atoms with Gasteiger partial charge in [0.1, 0.15) is 0 Å². The minimum absolute atomic E-state index is 0.202. The average Bonchev–Trinajstić information content (AvgIpc) is 2.93. The molecule has 2 aromatic carbocycles. The van der Waals surface area contributed by atoms with Crippen molar-refractivity contribution in [2.45, 2.75) is 19.8 Å². The van der Waals surface area contributed by atoms with Crippen molar-refractivity contribution in [2.75, 3.05) is 10.8 Å². The number of rotatable bonds is 3. The first-order valence-electron chi connectivity index (χ1n) is 8.73. The van der Waals surface area contributed by atoms with Gasteiger partial charge in [0.15, 0.2) is 0 Å². The lowest BCUT2D eigenvalue weighted by atomic mass is 9.98. The van der Waals surface area contributed by atoms with Crippen molar-refractivity contribution in [2.24, 2.45) is 0 Å². The molecule has 0 bridgehead atoms. The quantitative estimate of drug-likeness (QED) is 0.868. The molecule has 0 unspecified atom stereocenters. The van der Waals surface area contributed by atoms with Crippen molar-refractivity contribution in [1.29, 1.82) is 0 Å². The number of benzene rings is 2. The van der Waals surface area contributed by atoms with E-state index in [9.17, 15) is 18.3 Å². The molecule has 0 saturated heterocycles. The second kappa shape index (κ2) is 6.39. The summed E-state index contributed by atoms with van der Waals surface area (Å²) < 4.78 is 27.4. The normalized spacial score (nSPS) is 17.9. The molecule has 0 amide bonds. The highest BCUT2D eigenvalue weighted by Gasteiger charge is 2.36. The van der Waals surface area contributed by atoms with Gasteiger partial charge in [-0.3, -0.25) is 4.31 Å². The summed E-state index contributed by atoms with van der Waals surface area (Å²) in [5.74, 6) is -0.989. The molecule has 0 saturated carbocycles. The number of aryl methyl sites for hydroxylation is 1. The van der Waals surface area contributed by atoms with E-state index in [0.29, 0.717) is 23.6 Å². The lowest BCUT2D eigenvalue weighted by molar-refractivity contribution is 0.0697. The summed E-state index contributed by atoms with van der Waals surface area (Å²) in [6, 6.07) is 12.2. The van der Waals surface area contributed by atoms with Crippen LogP contribution in [0.4, 0.5) is 5.69 Å². The Morgan fingerprint density at radius 2 is 1.96 bits per heavy atom. The van der Waals surface area contributed by atoms with Crippen molar-refractivity contribution in [3.05, 3.63) is 76.2 Å².